The summed E-state index contributed by atoms with van der Waals surface area (Å²) < 4.78 is 3.75. The molecular weight excluding hydrogens is 332 g/mol. The third-order valence-electron chi connectivity index (χ3n) is 5.18. The minimum atomic E-state index is 0.0207. The first kappa shape index (κ1) is 14.8. The molecule has 0 N–H and O–H groups in total. The van der Waals surface area contributed by atoms with Gasteiger partial charge in [-0.05, 0) is 49.8 Å². The summed E-state index contributed by atoms with van der Waals surface area (Å²) in [6, 6.07) is 9.72. The molecular formula is C19H18N4OS. The van der Waals surface area contributed by atoms with Crippen molar-refractivity contribution in [1.82, 2.24) is 19.2 Å². The number of para-hydroxylation sites is 1. The average Bonchev–Trinajstić information content (AvgIpc) is 3.18. The number of hydrogen-bond donors (Lipinski definition) is 0. The number of fused-ring (bicyclic) bond motifs is 5. The average molecular weight is 350 g/mol. The first-order valence-corrected chi connectivity index (χ1v) is 9.46. The Kier molecular flexibility index (Phi) is 3.12. The second-order valence-corrected chi connectivity index (χ2v) is 7.85. The summed E-state index contributed by atoms with van der Waals surface area (Å²) in [6.45, 7) is 4.18. The first-order chi connectivity index (χ1) is 12.2. The maximum Gasteiger partial charge on any atom is 0.268 e. The van der Waals surface area contributed by atoms with E-state index >= 15 is 0 Å². The molecule has 3 heterocycles. The molecule has 0 bridgehead atoms. The van der Waals surface area contributed by atoms with Crippen molar-refractivity contribution in [3.8, 4) is 5.69 Å². The highest BCUT2D eigenvalue weighted by molar-refractivity contribution is 7.19. The predicted molar refractivity (Wildman–Crippen MR) is 100 cm³/mol. The summed E-state index contributed by atoms with van der Waals surface area (Å²) in [5, 5.41) is 9.42. The number of benzene rings is 1. The molecule has 1 aromatic carbocycles. The van der Waals surface area contributed by atoms with Crippen LogP contribution in [0.4, 0.5) is 0 Å². The van der Waals surface area contributed by atoms with E-state index in [4.69, 9.17) is 0 Å². The molecule has 3 aromatic heterocycles. The van der Waals surface area contributed by atoms with Crippen LogP contribution in [0.5, 0.6) is 0 Å². The highest BCUT2D eigenvalue weighted by atomic mass is 32.1. The molecule has 5 rings (SSSR count). The number of thiophene rings is 1. The predicted octanol–water partition coefficient (Wildman–Crippen LogP) is 3.84. The maximum absolute atomic E-state index is 13.5. The zero-order chi connectivity index (χ0) is 17.1. The molecule has 0 radical (unpaired) electrons. The summed E-state index contributed by atoms with van der Waals surface area (Å²) in [7, 11) is 0. The SMILES string of the molecule is Cc1nnc2n(-c3ccccc3)c(=O)c3c4c(sc3n12)CCC[C@H]4C. The van der Waals surface area contributed by atoms with Gasteiger partial charge in [-0.15, -0.1) is 21.5 Å². The molecule has 126 valence electrons. The summed E-state index contributed by atoms with van der Waals surface area (Å²) in [4.78, 5) is 15.9. The minimum absolute atomic E-state index is 0.0207. The molecule has 1 aliphatic carbocycles. The van der Waals surface area contributed by atoms with Crippen molar-refractivity contribution < 1.29 is 0 Å². The lowest BCUT2D eigenvalue weighted by Gasteiger charge is -2.18. The van der Waals surface area contributed by atoms with Crippen LogP contribution in [-0.2, 0) is 6.42 Å². The summed E-state index contributed by atoms with van der Waals surface area (Å²) in [6.07, 6.45) is 3.40. The third kappa shape index (κ3) is 1.97. The second kappa shape index (κ2) is 5.26. The van der Waals surface area contributed by atoms with E-state index in [1.807, 2.05) is 41.7 Å². The zero-order valence-electron chi connectivity index (χ0n) is 14.2. The molecule has 0 fully saturated rings. The molecule has 1 aliphatic rings. The van der Waals surface area contributed by atoms with Crippen LogP contribution in [0, 0.1) is 6.92 Å². The van der Waals surface area contributed by atoms with Gasteiger partial charge in [0, 0.05) is 4.88 Å². The molecule has 0 spiro atoms. The van der Waals surface area contributed by atoms with Crippen LogP contribution in [-0.4, -0.2) is 19.2 Å². The highest BCUT2D eigenvalue weighted by Crippen LogP contribution is 2.41. The fourth-order valence-corrected chi connectivity index (χ4v) is 5.51. The summed E-state index contributed by atoms with van der Waals surface area (Å²) in [5.41, 5.74) is 2.10. The topological polar surface area (TPSA) is 52.2 Å². The molecule has 0 aliphatic heterocycles. The van der Waals surface area contributed by atoms with Crippen molar-refractivity contribution in [3.05, 3.63) is 57.0 Å². The molecule has 0 saturated carbocycles. The molecule has 0 saturated heterocycles. The van der Waals surface area contributed by atoms with Crippen LogP contribution in [0.15, 0.2) is 35.1 Å². The van der Waals surface area contributed by atoms with Gasteiger partial charge in [0.25, 0.3) is 5.56 Å². The molecule has 0 unspecified atom stereocenters. The molecule has 1 atom stereocenters. The minimum Gasteiger partial charge on any atom is -0.268 e. The van der Waals surface area contributed by atoms with E-state index in [-0.39, 0.29) is 5.56 Å². The van der Waals surface area contributed by atoms with Gasteiger partial charge in [0.1, 0.15) is 10.7 Å². The zero-order valence-corrected chi connectivity index (χ0v) is 15.0. The number of aryl methyl sites for hydroxylation is 2. The van der Waals surface area contributed by atoms with Crippen LogP contribution in [0.3, 0.4) is 0 Å². The lowest BCUT2D eigenvalue weighted by Crippen LogP contribution is -2.22. The molecule has 5 nitrogen and oxygen atoms in total. The number of aromatic nitrogens is 4. The van der Waals surface area contributed by atoms with Crippen LogP contribution in [0.1, 0.15) is 41.9 Å². The third-order valence-corrected chi connectivity index (χ3v) is 6.43. The quantitative estimate of drug-likeness (QED) is 0.524. The van der Waals surface area contributed by atoms with Gasteiger partial charge in [-0.2, -0.15) is 0 Å². The lowest BCUT2D eigenvalue weighted by atomic mass is 9.88. The fourth-order valence-electron chi connectivity index (χ4n) is 4.01. The Bertz CT molecular complexity index is 1170. The molecule has 4 aromatic rings. The van der Waals surface area contributed by atoms with E-state index in [2.05, 4.69) is 17.1 Å². The Labute approximate surface area is 148 Å². The van der Waals surface area contributed by atoms with Gasteiger partial charge in [-0.3, -0.25) is 9.20 Å². The second-order valence-electron chi connectivity index (χ2n) is 6.77. The number of hydrogen-bond acceptors (Lipinski definition) is 4. The van der Waals surface area contributed by atoms with E-state index < -0.39 is 0 Å². The molecule has 6 heteroatoms. The van der Waals surface area contributed by atoms with Crippen LogP contribution < -0.4 is 5.56 Å². The maximum atomic E-state index is 13.5. The van der Waals surface area contributed by atoms with Crippen molar-refractivity contribution in [3.63, 3.8) is 0 Å². The van der Waals surface area contributed by atoms with Crippen molar-refractivity contribution in [1.29, 1.82) is 0 Å². The lowest BCUT2D eigenvalue weighted by molar-refractivity contribution is 0.601. The van der Waals surface area contributed by atoms with Crippen LogP contribution in [0.25, 0.3) is 21.7 Å². The largest absolute Gasteiger partial charge is 0.268 e. The van der Waals surface area contributed by atoms with Gasteiger partial charge < -0.3 is 0 Å². The van der Waals surface area contributed by atoms with Crippen molar-refractivity contribution in [2.45, 2.75) is 39.0 Å². The Morgan fingerprint density at radius 1 is 1.20 bits per heavy atom. The fraction of sp³-hybridized carbons (Fsp3) is 0.316. The monoisotopic (exact) mass is 350 g/mol. The smallest absolute Gasteiger partial charge is 0.268 e. The Balaban J connectivity index is 2.03. The van der Waals surface area contributed by atoms with Gasteiger partial charge in [0.2, 0.25) is 5.78 Å². The van der Waals surface area contributed by atoms with Crippen LogP contribution in [0.2, 0.25) is 0 Å². The van der Waals surface area contributed by atoms with E-state index in [1.54, 1.807) is 15.9 Å². The van der Waals surface area contributed by atoms with Crippen molar-refractivity contribution in [2.75, 3.05) is 0 Å². The van der Waals surface area contributed by atoms with Crippen molar-refractivity contribution >= 4 is 27.3 Å². The Morgan fingerprint density at radius 3 is 2.80 bits per heavy atom. The van der Waals surface area contributed by atoms with E-state index in [0.717, 1.165) is 34.6 Å². The van der Waals surface area contributed by atoms with Gasteiger partial charge in [-0.1, -0.05) is 25.1 Å². The van der Waals surface area contributed by atoms with Gasteiger partial charge in [-0.25, -0.2) is 4.57 Å². The van der Waals surface area contributed by atoms with Gasteiger partial charge >= 0.3 is 0 Å². The van der Waals surface area contributed by atoms with E-state index in [9.17, 15) is 4.79 Å². The molecule has 0 amide bonds. The Morgan fingerprint density at radius 2 is 2.00 bits per heavy atom. The van der Waals surface area contributed by atoms with Gasteiger partial charge in [0.15, 0.2) is 0 Å². The number of rotatable bonds is 1. The molecule has 25 heavy (non-hydrogen) atoms. The standard InChI is InChI=1S/C19H18N4OS/c1-11-7-6-10-14-15(11)16-17(24)23(13-8-4-3-5-9-13)19-21-20-12(2)22(19)18(16)25-14/h3-5,8-9,11H,6-7,10H2,1-2H3/t11-/m1/s1. The number of nitrogens with zero attached hydrogens (tertiary/aromatic N) is 4. The van der Waals surface area contributed by atoms with E-state index in [0.29, 0.717) is 11.7 Å². The first-order valence-electron chi connectivity index (χ1n) is 8.64. The van der Waals surface area contributed by atoms with Crippen molar-refractivity contribution in [2.24, 2.45) is 0 Å². The summed E-state index contributed by atoms with van der Waals surface area (Å²) in [5.74, 6) is 1.83. The van der Waals surface area contributed by atoms with Gasteiger partial charge in [0.05, 0.1) is 11.1 Å². The highest BCUT2D eigenvalue weighted by Gasteiger charge is 2.27. The normalized spacial score (nSPS) is 17.3. The van der Waals surface area contributed by atoms with E-state index in [1.165, 1.54) is 16.9 Å². The van der Waals surface area contributed by atoms with Crippen LogP contribution >= 0.6 is 11.3 Å². The summed E-state index contributed by atoms with van der Waals surface area (Å²) >= 11 is 1.74. The Hall–Kier alpha value is -2.47.